The van der Waals surface area contributed by atoms with Crippen molar-refractivity contribution in [2.75, 3.05) is 11.9 Å². The molecule has 1 N–H and O–H groups in total. The van der Waals surface area contributed by atoms with Crippen LogP contribution in [0.1, 0.15) is 34.3 Å². The lowest BCUT2D eigenvalue weighted by atomic mass is 9.87. The lowest BCUT2D eigenvalue weighted by Gasteiger charge is -2.27. The molecule has 0 unspecified atom stereocenters. The molecule has 0 fully saturated rings. The quantitative estimate of drug-likeness (QED) is 0.303. The van der Waals surface area contributed by atoms with E-state index in [1.54, 1.807) is 19.1 Å². The minimum absolute atomic E-state index is 0.225. The molecule has 0 spiro atoms. The molecule has 170 valence electrons. The SMILES string of the molecule is CCOC(=O)c1c(-c2ccc(Cl)cc2)csc1NC(=O)C1c2ccccc2Oc2ccccc21. The van der Waals surface area contributed by atoms with Crippen molar-refractivity contribution in [3.05, 3.63) is 99.9 Å². The Morgan fingerprint density at radius 1 is 0.971 bits per heavy atom. The lowest BCUT2D eigenvalue weighted by Crippen LogP contribution is -2.25. The summed E-state index contributed by atoms with van der Waals surface area (Å²) in [6.45, 7) is 1.98. The van der Waals surface area contributed by atoms with Crippen molar-refractivity contribution in [3.63, 3.8) is 0 Å². The lowest BCUT2D eigenvalue weighted by molar-refractivity contribution is -0.116. The number of benzene rings is 3. The fourth-order valence-corrected chi connectivity index (χ4v) is 5.16. The molecule has 5 nitrogen and oxygen atoms in total. The summed E-state index contributed by atoms with van der Waals surface area (Å²) >= 11 is 7.32. The maximum atomic E-state index is 13.7. The number of carbonyl (C=O) groups is 2. The van der Waals surface area contributed by atoms with Crippen molar-refractivity contribution in [1.82, 2.24) is 0 Å². The van der Waals surface area contributed by atoms with Gasteiger partial charge in [0.25, 0.3) is 0 Å². The molecular weight excluding hydrogens is 470 g/mol. The normalized spacial score (nSPS) is 12.3. The highest BCUT2D eigenvalue weighted by Gasteiger charge is 2.34. The first-order valence-electron chi connectivity index (χ1n) is 10.8. The van der Waals surface area contributed by atoms with Gasteiger partial charge in [0, 0.05) is 27.1 Å². The highest BCUT2D eigenvalue weighted by molar-refractivity contribution is 7.15. The molecule has 0 radical (unpaired) electrons. The number of anilines is 1. The van der Waals surface area contributed by atoms with Gasteiger partial charge in [0.1, 0.15) is 22.1 Å². The summed E-state index contributed by atoms with van der Waals surface area (Å²) in [7, 11) is 0. The Labute approximate surface area is 205 Å². The first kappa shape index (κ1) is 22.2. The molecule has 5 rings (SSSR count). The zero-order chi connectivity index (χ0) is 23.7. The van der Waals surface area contributed by atoms with Gasteiger partial charge in [0.15, 0.2) is 0 Å². The third-order valence-corrected chi connectivity index (χ3v) is 6.75. The van der Waals surface area contributed by atoms with Gasteiger partial charge in [0.05, 0.1) is 12.5 Å². The van der Waals surface area contributed by atoms with E-state index in [2.05, 4.69) is 5.32 Å². The van der Waals surface area contributed by atoms with Crippen LogP contribution in [0.3, 0.4) is 0 Å². The van der Waals surface area contributed by atoms with Crippen LogP contribution in [0.25, 0.3) is 11.1 Å². The van der Waals surface area contributed by atoms with Crippen molar-refractivity contribution < 1.29 is 19.1 Å². The molecule has 1 aliphatic heterocycles. The van der Waals surface area contributed by atoms with Crippen LogP contribution in [0, 0.1) is 0 Å². The first-order valence-corrected chi connectivity index (χ1v) is 12.0. The van der Waals surface area contributed by atoms with Crippen molar-refractivity contribution in [1.29, 1.82) is 0 Å². The minimum Gasteiger partial charge on any atom is -0.462 e. The number of para-hydroxylation sites is 2. The molecule has 0 aliphatic carbocycles. The molecule has 1 aromatic heterocycles. The van der Waals surface area contributed by atoms with Crippen molar-refractivity contribution in [2.24, 2.45) is 0 Å². The molecule has 0 bridgehead atoms. The number of amides is 1. The Hall–Kier alpha value is -3.61. The molecule has 34 heavy (non-hydrogen) atoms. The van der Waals surface area contributed by atoms with Gasteiger partial charge >= 0.3 is 5.97 Å². The van der Waals surface area contributed by atoms with Crippen molar-refractivity contribution in [3.8, 4) is 22.6 Å². The standard InChI is InChI=1S/C27H20ClNO4S/c1-2-32-27(31)24-20(16-11-13-17(28)14-12-16)15-34-26(24)29-25(30)23-18-7-3-5-9-21(18)33-22-10-6-4-8-19(22)23/h3-15,23H,2H2,1H3,(H,29,30). The monoisotopic (exact) mass is 489 g/mol. The Bertz CT molecular complexity index is 1330. The summed E-state index contributed by atoms with van der Waals surface area (Å²) in [4.78, 5) is 26.6. The van der Waals surface area contributed by atoms with E-state index in [0.29, 0.717) is 32.6 Å². The average Bonchev–Trinajstić information content (AvgIpc) is 3.26. The number of hydrogen-bond acceptors (Lipinski definition) is 5. The van der Waals surface area contributed by atoms with Gasteiger partial charge in [0.2, 0.25) is 5.91 Å². The minimum atomic E-state index is -0.586. The van der Waals surface area contributed by atoms with Gasteiger partial charge in [-0.15, -0.1) is 11.3 Å². The van der Waals surface area contributed by atoms with Crippen LogP contribution >= 0.6 is 22.9 Å². The number of nitrogens with one attached hydrogen (secondary N) is 1. The predicted octanol–water partition coefficient (Wildman–Crippen LogP) is 7.12. The maximum absolute atomic E-state index is 13.7. The summed E-state index contributed by atoms with van der Waals surface area (Å²) in [5, 5.41) is 5.88. The van der Waals surface area contributed by atoms with E-state index < -0.39 is 11.9 Å². The molecule has 0 saturated carbocycles. The largest absolute Gasteiger partial charge is 0.462 e. The van der Waals surface area contributed by atoms with Crippen molar-refractivity contribution in [2.45, 2.75) is 12.8 Å². The maximum Gasteiger partial charge on any atom is 0.341 e. The molecule has 2 heterocycles. The van der Waals surface area contributed by atoms with Gasteiger partial charge in [-0.25, -0.2) is 4.79 Å². The van der Waals surface area contributed by atoms with Crippen molar-refractivity contribution >= 4 is 39.8 Å². The number of carbonyl (C=O) groups excluding carboxylic acids is 2. The second-order valence-corrected chi connectivity index (χ2v) is 9.00. The number of ether oxygens (including phenoxy) is 2. The number of rotatable bonds is 5. The summed E-state index contributed by atoms with van der Waals surface area (Å²) in [5.74, 6) is -0.0488. The van der Waals surface area contributed by atoms with Crippen LogP contribution in [0.2, 0.25) is 5.02 Å². The number of thiophene rings is 1. The Balaban J connectivity index is 1.55. The highest BCUT2D eigenvalue weighted by atomic mass is 35.5. The van der Waals surface area contributed by atoms with Crippen LogP contribution in [0.5, 0.6) is 11.5 Å². The second kappa shape index (κ2) is 9.33. The molecule has 0 saturated heterocycles. The van der Waals surface area contributed by atoms with Gasteiger partial charge < -0.3 is 14.8 Å². The topological polar surface area (TPSA) is 64.6 Å². The zero-order valence-electron chi connectivity index (χ0n) is 18.2. The van der Waals surface area contributed by atoms with E-state index in [-0.39, 0.29) is 12.5 Å². The molecule has 1 aliphatic rings. The van der Waals surface area contributed by atoms with Crippen LogP contribution < -0.4 is 10.1 Å². The number of hydrogen-bond donors (Lipinski definition) is 1. The van der Waals surface area contributed by atoms with E-state index in [1.807, 2.05) is 66.0 Å². The zero-order valence-corrected chi connectivity index (χ0v) is 19.8. The molecule has 3 aromatic carbocycles. The number of halogens is 1. The third kappa shape index (κ3) is 4.06. The smallest absolute Gasteiger partial charge is 0.341 e. The van der Waals surface area contributed by atoms with Gasteiger partial charge in [-0.3, -0.25) is 4.79 Å². The van der Waals surface area contributed by atoms with Crippen LogP contribution in [-0.2, 0) is 9.53 Å². The fraction of sp³-hybridized carbons (Fsp3) is 0.111. The summed E-state index contributed by atoms with van der Waals surface area (Å²) in [5.41, 5.74) is 3.36. The Morgan fingerprint density at radius 2 is 1.59 bits per heavy atom. The van der Waals surface area contributed by atoms with Gasteiger partial charge in [-0.1, -0.05) is 60.1 Å². The van der Waals surface area contributed by atoms with Crippen LogP contribution in [-0.4, -0.2) is 18.5 Å². The molecule has 4 aromatic rings. The molecular formula is C27H20ClNO4S. The second-order valence-electron chi connectivity index (χ2n) is 7.68. The van der Waals surface area contributed by atoms with E-state index in [9.17, 15) is 9.59 Å². The van der Waals surface area contributed by atoms with E-state index in [4.69, 9.17) is 21.1 Å². The molecule has 7 heteroatoms. The summed E-state index contributed by atoms with van der Waals surface area (Å²) < 4.78 is 11.3. The van der Waals surface area contributed by atoms with E-state index >= 15 is 0 Å². The van der Waals surface area contributed by atoms with E-state index in [0.717, 1.165) is 16.7 Å². The Kier molecular flexibility index (Phi) is 6.09. The fourth-order valence-electron chi connectivity index (χ4n) is 4.07. The first-order chi connectivity index (χ1) is 16.6. The van der Waals surface area contributed by atoms with Gasteiger partial charge in [-0.05, 0) is 36.8 Å². The summed E-state index contributed by atoms with van der Waals surface area (Å²) in [6, 6.07) is 22.2. The third-order valence-electron chi connectivity index (χ3n) is 5.60. The van der Waals surface area contributed by atoms with Crippen LogP contribution in [0.4, 0.5) is 5.00 Å². The van der Waals surface area contributed by atoms with Crippen LogP contribution in [0.15, 0.2) is 78.2 Å². The molecule has 1 amide bonds. The average molecular weight is 490 g/mol. The van der Waals surface area contributed by atoms with E-state index in [1.165, 1.54) is 11.3 Å². The number of esters is 1. The molecule has 0 atom stereocenters. The number of fused-ring (bicyclic) bond motifs is 2. The highest BCUT2D eigenvalue weighted by Crippen LogP contribution is 2.45. The predicted molar refractivity (Wildman–Crippen MR) is 134 cm³/mol. The Morgan fingerprint density at radius 3 is 2.21 bits per heavy atom. The van der Waals surface area contributed by atoms with Gasteiger partial charge in [-0.2, -0.15) is 0 Å². The summed E-state index contributed by atoms with van der Waals surface area (Å²) in [6.07, 6.45) is 0.